The lowest BCUT2D eigenvalue weighted by atomic mass is 10.1. The van der Waals surface area contributed by atoms with E-state index in [-0.39, 0.29) is 12.1 Å². The lowest BCUT2D eigenvalue weighted by molar-refractivity contribution is 0.0950. The largest absolute Gasteiger partial charge is 0.496 e. The van der Waals surface area contributed by atoms with Crippen molar-refractivity contribution in [1.82, 2.24) is 25.5 Å². The Hall–Kier alpha value is -3.29. The number of aromatic nitrogens is 4. The van der Waals surface area contributed by atoms with Gasteiger partial charge in [0, 0.05) is 12.1 Å². The molecule has 0 aliphatic heterocycles. The van der Waals surface area contributed by atoms with Gasteiger partial charge in [-0.05, 0) is 34.7 Å². The van der Waals surface area contributed by atoms with Crippen molar-refractivity contribution in [2.45, 2.75) is 6.54 Å². The van der Waals surface area contributed by atoms with Crippen molar-refractivity contribution in [3.63, 3.8) is 0 Å². The first kappa shape index (κ1) is 15.6. The first-order valence-electron chi connectivity index (χ1n) is 7.12. The molecule has 1 heterocycles. The molecule has 0 atom stereocenters. The maximum Gasteiger partial charge on any atom is 0.253 e. The van der Waals surface area contributed by atoms with Gasteiger partial charge in [-0.2, -0.15) is 4.68 Å². The van der Waals surface area contributed by atoms with Gasteiger partial charge in [-0.1, -0.05) is 18.2 Å². The molecule has 1 amide bonds. The molecule has 0 spiro atoms. The lowest BCUT2D eigenvalue weighted by Crippen LogP contribution is -2.24. The van der Waals surface area contributed by atoms with Crippen LogP contribution in [0.3, 0.4) is 0 Å². The minimum Gasteiger partial charge on any atom is -0.496 e. The Bertz CT molecular complexity index is 851. The number of rotatable bonds is 5. The van der Waals surface area contributed by atoms with Crippen LogP contribution in [0.25, 0.3) is 5.69 Å². The third-order valence-corrected chi connectivity index (χ3v) is 3.43. The van der Waals surface area contributed by atoms with Crippen molar-refractivity contribution in [2.75, 3.05) is 7.11 Å². The number of carbonyl (C=O) groups is 1. The van der Waals surface area contributed by atoms with E-state index in [9.17, 15) is 9.18 Å². The highest BCUT2D eigenvalue weighted by molar-refractivity contribution is 5.97. The van der Waals surface area contributed by atoms with Crippen LogP contribution in [0.1, 0.15) is 15.9 Å². The Labute approximate surface area is 137 Å². The molecular weight excluding hydrogens is 313 g/mol. The Balaban J connectivity index is 1.84. The van der Waals surface area contributed by atoms with Gasteiger partial charge in [-0.3, -0.25) is 4.79 Å². The van der Waals surface area contributed by atoms with Gasteiger partial charge in [-0.15, -0.1) is 5.10 Å². The Morgan fingerprint density at radius 3 is 2.88 bits per heavy atom. The molecule has 0 aliphatic carbocycles. The van der Waals surface area contributed by atoms with Crippen molar-refractivity contribution < 1.29 is 13.9 Å². The van der Waals surface area contributed by atoms with Crippen LogP contribution in [-0.2, 0) is 6.54 Å². The van der Waals surface area contributed by atoms with Crippen LogP contribution in [0.2, 0.25) is 0 Å². The van der Waals surface area contributed by atoms with E-state index in [0.29, 0.717) is 11.4 Å². The van der Waals surface area contributed by atoms with Crippen molar-refractivity contribution in [1.29, 1.82) is 0 Å². The number of carbonyl (C=O) groups excluding carboxylic acids is 1. The fourth-order valence-corrected chi connectivity index (χ4v) is 2.28. The Kier molecular flexibility index (Phi) is 4.46. The summed E-state index contributed by atoms with van der Waals surface area (Å²) in [5.74, 6) is -0.294. The van der Waals surface area contributed by atoms with Crippen molar-refractivity contribution in [2.24, 2.45) is 0 Å². The number of methoxy groups -OCH3 is 1. The third kappa shape index (κ3) is 3.22. The van der Waals surface area contributed by atoms with E-state index in [2.05, 4.69) is 20.8 Å². The number of tetrazole rings is 1. The van der Waals surface area contributed by atoms with Gasteiger partial charge in [0.05, 0.1) is 18.4 Å². The van der Waals surface area contributed by atoms with Crippen LogP contribution in [-0.4, -0.2) is 33.2 Å². The van der Waals surface area contributed by atoms with E-state index in [0.717, 1.165) is 11.6 Å². The van der Waals surface area contributed by atoms with Crippen LogP contribution in [0, 0.1) is 5.82 Å². The zero-order valence-corrected chi connectivity index (χ0v) is 12.8. The summed E-state index contributed by atoms with van der Waals surface area (Å²) in [4.78, 5) is 12.5. The minimum atomic E-state index is -0.519. The molecule has 7 nitrogen and oxygen atoms in total. The monoisotopic (exact) mass is 327 g/mol. The predicted octanol–water partition coefficient (Wildman–Crippen LogP) is 1.74. The van der Waals surface area contributed by atoms with E-state index < -0.39 is 11.7 Å². The molecule has 0 fully saturated rings. The number of halogens is 1. The van der Waals surface area contributed by atoms with Gasteiger partial charge < -0.3 is 10.1 Å². The number of amides is 1. The van der Waals surface area contributed by atoms with Crippen LogP contribution >= 0.6 is 0 Å². The molecule has 0 bridgehead atoms. The van der Waals surface area contributed by atoms with Crippen LogP contribution in [0.5, 0.6) is 5.75 Å². The highest BCUT2D eigenvalue weighted by Crippen LogP contribution is 2.18. The van der Waals surface area contributed by atoms with Gasteiger partial charge >= 0.3 is 0 Å². The average molecular weight is 327 g/mol. The second-order valence-corrected chi connectivity index (χ2v) is 4.91. The molecule has 0 saturated heterocycles. The van der Waals surface area contributed by atoms with Crippen molar-refractivity contribution >= 4 is 5.91 Å². The zero-order valence-electron chi connectivity index (χ0n) is 12.8. The van der Waals surface area contributed by atoms with Crippen molar-refractivity contribution in [3.05, 3.63) is 65.7 Å². The Morgan fingerprint density at radius 1 is 1.29 bits per heavy atom. The van der Waals surface area contributed by atoms with E-state index >= 15 is 0 Å². The van der Waals surface area contributed by atoms with Crippen molar-refractivity contribution in [3.8, 4) is 11.4 Å². The average Bonchev–Trinajstić information content (AvgIpc) is 3.14. The van der Waals surface area contributed by atoms with E-state index in [1.807, 2.05) is 18.2 Å². The molecular formula is C16H14FN5O2. The summed E-state index contributed by atoms with van der Waals surface area (Å²) in [6.45, 7) is 0.244. The summed E-state index contributed by atoms with van der Waals surface area (Å²) in [6.07, 6.45) is 1.34. The molecule has 122 valence electrons. The lowest BCUT2D eigenvalue weighted by Gasteiger charge is -2.11. The summed E-state index contributed by atoms with van der Waals surface area (Å²) in [7, 11) is 1.56. The smallest absolute Gasteiger partial charge is 0.253 e. The molecule has 0 radical (unpaired) electrons. The van der Waals surface area contributed by atoms with Gasteiger partial charge in [0.15, 0.2) is 0 Å². The molecule has 8 heteroatoms. The molecule has 2 aromatic carbocycles. The number of hydrogen-bond donors (Lipinski definition) is 1. The summed E-state index contributed by atoms with van der Waals surface area (Å²) < 4.78 is 20.1. The van der Waals surface area contributed by atoms with Gasteiger partial charge in [0.25, 0.3) is 5.91 Å². The number of para-hydroxylation sites is 1. The summed E-state index contributed by atoms with van der Waals surface area (Å²) in [5.41, 5.74) is 1.34. The molecule has 3 aromatic rings. The van der Waals surface area contributed by atoms with E-state index in [1.54, 1.807) is 13.2 Å². The fourth-order valence-electron chi connectivity index (χ4n) is 2.28. The summed E-state index contributed by atoms with van der Waals surface area (Å²) in [5, 5.41) is 13.5. The first-order valence-corrected chi connectivity index (χ1v) is 7.12. The minimum absolute atomic E-state index is 0.136. The number of nitrogens with zero attached hydrogens (tertiary/aromatic N) is 4. The van der Waals surface area contributed by atoms with Crippen LogP contribution in [0.4, 0.5) is 4.39 Å². The topological polar surface area (TPSA) is 81.9 Å². The maximum absolute atomic E-state index is 13.6. The van der Waals surface area contributed by atoms with Crippen LogP contribution < -0.4 is 10.1 Å². The van der Waals surface area contributed by atoms with E-state index in [4.69, 9.17) is 4.74 Å². The summed E-state index contributed by atoms with van der Waals surface area (Å²) in [6, 6.07) is 11.2. The predicted molar refractivity (Wildman–Crippen MR) is 83.3 cm³/mol. The molecule has 24 heavy (non-hydrogen) atoms. The third-order valence-electron chi connectivity index (χ3n) is 3.43. The van der Waals surface area contributed by atoms with E-state index in [1.165, 1.54) is 23.1 Å². The van der Waals surface area contributed by atoms with Gasteiger partial charge in [0.1, 0.15) is 17.9 Å². The number of ether oxygens (including phenoxy) is 1. The number of benzene rings is 2. The quantitative estimate of drug-likeness (QED) is 0.772. The molecule has 3 rings (SSSR count). The second-order valence-electron chi connectivity index (χ2n) is 4.91. The zero-order chi connectivity index (χ0) is 16.9. The van der Waals surface area contributed by atoms with Crippen LogP contribution in [0.15, 0.2) is 48.8 Å². The molecule has 1 aromatic heterocycles. The molecule has 0 unspecified atom stereocenters. The Morgan fingerprint density at radius 2 is 2.12 bits per heavy atom. The highest BCUT2D eigenvalue weighted by atomic mass is 19.1. The second kappa shape index (κ2) is 6.86. The number of hydrogen-bond acceptors (Lipinski definition) is 5. The number of nitrogens with one attached hydrogen (secondary N) is 1. The molecule has 0 aliphatic rings. The maximum atomic E-state index is 13.6. The molecule has 0 saturated carbocycles. The fraction of sp³-hybridized carbons (Fsp3) is 0.125. The standard InChI is InChI=1S/C16H14FN5O2/c1-24-15-5-3-2-4-11(15)9-18-16(23)13-8-12(17)6-7-14(13)22-10-19-20-21-22/h2-8,10H,9H2,1H3,(H,18,23). The SMILES string of the molecule is COc1ccccc1CNC(=O)c1cc(F)ccc1-n1cnnn1. The normalized spacial score (nSPS) is 10.4. The first-order chi connectivity index (χ1) is 11.7. The highest BCUT2D eigenvalue weighted by Gasteiger charge is 2.15. The van der Waals surface area contributed by atoms with Gasteiger partial charge in [-0.25, -0.2) is 4.39 Å². The van der Waals surface area contributed by atoms with Gasteiger partial charge in [0.2, 0.25) is 0 Å². The summed E-state index contributed by atoms with van der Waals surface area (Å²) >= 11 is 0. The molecule has 1 N–H and O–H groups in total.